The van der Waals surface area contributed by atoms with E-state index in [1.165, 1.54) is 22.5 Å². The maximum Gasteiger partial charge on any atom is 0.248 e. The maximum atomic E-state index is 13.2. The summed E-state index contributed by atoms with van der Waals surface area (Å²) < 4.78 is 45.4. The number of carbonyl (C=O) groups excluding carboxylic acids is 1. The van der Waals surface area contributed by atoms with Gasteiger partial charge in [-0.15, -0.1) is 0 Å². The Kier molecular flexibility index (Phi) is 5.95. The van der Waals surface area contributed by atoms with E-state index in [0.717, 1.165) is 0 Å². The van der Waals surface area contributed by atoms with E-state index < -0.39 is 10.0 Å². The molecule has 0 N–H and O–H groups in total. The lowest BCUT2D eigenvalue weighted by molar-refractivity contribution is -0.125. The number of aromatic nitrogens is 1. The number of nitrogens with zero attached hydrogens (tertiary/aromatic N) is 3. The summed E-state index contributed by atoms with van der Waals surface area (Å²) in [4.78, 5) is 14.1. The van der Waals surface area contributed by atoms with Gasteiger partial charge in [0.1, 0.15) is 16.4 Å². The summed E-state index contributed by atoms with van der Waals surface area (Å²) in [6, 6.07) is 5.95. The van der Waals surface area contributed by atoms with E-state index in [1.54, 1.807) is 37.0 Å². The summed E-state index contributed by atoms with van der Waals surface area (Å²) in [5, 5.41) is 3.72. The van der Waals surface area contributed by atoms with Gasteiger partial charge >= 0.3 is 0 Å². The zero-order valence-electron chi connectivity index (χ0n) is 15.8. The molecular formula is C19H22FN3O4S. The number of amides is 1. The van der Waals surface area contributed by atoms with E-state index in [9.17, 15) is 17.6 Å². The van der Waals surface area contributed by atoms with Crippen LogP contribution in [-0.2, 0) is 14.8 Å². The minimum Gasteiger partial charge on any atom is -0.360 e. The van der Waals surface area contributed by atoms with E-state index in [0.29, 0.717) is 30.8 Å². The summed E-state index contributed by atoms with van der Waals surface area (Å²) in [6.07, 6.45) is 3.45. The second kappa shape index (κ2) is 8.24. The summed E-state index contributed by atoms with van der Waals surface area (Å²) in [5.74, 6) is -0.349. The highest BCUT2D eigenvalue weighted by Crippen LogP contribution is 2.24. The van der Waals surface area contributed by atoms with Gasteiger partial charge in [0, 0.05) is 32.3 Å². The standard InChI is InChI=1S/C19H22FN3O4S/c1-14-19(15(2)27-21-14)28(25,26)23-10-4-9-22(11-12-23)18(24)8-7-16-5-3-6-17(20)13-16/h3,5-8,13H,4,9-12H2,1-2H3/b8-7+. The molecule has 1 aliphatic heterocycles. The molecule has 1 aliphatic rings. The van der Waals surface area contributed by atoms with E-state index in [4.69, 9.17) is 4.52 Å². The number of sulfonamides is 1. The SMILES string of the molecule is Cc1noc(C)c1S(=O)(=O)N1CCCN(C(=O)/C=C/c2cccc(F)c2)CC1. The summed E-state index contributed by atoms with van der Waals surface area (Å²) >= 11 is 0. The van der Waals surface area contributed by atoms with Gasteiger partial charge in [-0.05, 0) is 44.0 Å². The van der Waals surface area contributed by atoms with E-state index in [2.05, 4.69) is 5.16 Å². The Bertz CT molecular complexity index is 981. The minimum absolute atomic E-state index is 0.0956. The third-order valence-corrected chi connectivity index (χ3v) is 6.74. The first-order valence-corrected chi connectivity index (χ1v) is 10.4. The fourth-order valence-electron chi connectivity index (χ4n) is 3.21. The number of carbonyl (C=O) groups is 1. The Morgan fingerprint density at radius 3 is 2.68 bits per heavy atom. The molecular weight excluding hydrogens is 385 g/mol. The molecule has 7 nitrogen and oxygen atoms in total. The second-order valence-corrected chi connectivity index (χ2v) is 8.50. The predicted octanol–water partition coefficient (Wildman–Crippen LogP) is 2.37. The zero-order chi connectivity index (χ0) is 20.3. The molecule has 0 unspecified atom stereocenters. The number of hydrogen-bond acceptors (Lipinski definition) is 5. The van der Waals surface area contributed by atoms with Crippen molar-refractivity contribution in [2.24, 2.45) is 0 Å². The highest BCUT2D eigenvalue weighted by molar-refractivity contribution is 7.89. The quantitative estimate of drug-likeness (QED) is 0.727. The monoisotopic (exact) mass is 407 g/mol. The van der Waals surface area contributed by atoms with Crippen LogP contribution in [-0.4, -0.2) is 54.9 Å². The highest BCUT2D eigenvalue weighted by atomic mass is 32.2. The first-order valence-electron chi connectivity index (χ1n) is 8.94. The summed E-state index contributed by atoms with van der Waals surface area (Å²) in [5.41, 5.74) is 0.915. The fourth-order valence-corrected chi connectivity index (χ4v) is 4.97. The Morgan fingerprint density at radius 2 is 2.00 bits per heavy atom. The van der Waals surface area contributed by atoms with Crippen molar-refractivity contribution in [1.29, 1.82) is 0 Å². The molecule has 1 saturated heterocycles. The molecule has 0 bridgehead atoms. The first kappa shape index (κ1) is 20.2. The number of rotatable bonds is 4. The van der Waals surface area contributed by atoms with Crippen molar-refractivity contribution in [2.45, 2.75) is 25.2 Å². The lowest BCUT2D eigenvalue weighted by atomic mass is 10.2. The third-order valence-electron chi connectivity index (χ3n) is 4.60. The van der Waals surface area contributed by atoms with Crippen molar-refractivity contribution < 1.29 is 22.1 Å². The molecule has 0 saturated carbocycles. The van der Waals surface area contributed by atoms with Crippen LogP contribution in [0.15, 0.2) is 39.8 Å². The molecule has 1 aromatic carbocycles. The van der Waals surface area contributed by atoms with Crippen LogP contribution in [0, 0.1) is 19.7 Å². The average molecular weight is 407 g/mol. The van der Waals surface area contributed by atoms with Crippen molar-refractivity contribution in [3.8, 4) is 0 Å². The van der Waals surface area contributed by atoms with Crippen LogP contribution in [0.3, 0.4) is 0 Å². The molecule has 2 heterocycles. The van der Waals surface area contributed by atoms with Crippen LogP contribution in [0.2, 0.25) is 0 Å². The molecule has 1 amide bonds. The van der Waals surface area contributed by atoms with Gasteiger partial charge in [0.25, 0.3) is 0 Å². The Labute approximate surface area is 163 Å². The number of aryl methyl sites for hydroxylation is 2. The topological polar surface area (TPSA) is 83.7 Å². The normalized spacial score (nSPS) is 16.5. The van der Waals surface area contributed by atoms with Crippen LogP contribution in [0.4, 0.5) is 4.39 Å². The molecule has 0 spiro atoms. The van der Waals surface area contributed by atoms with E-state index >= 15 is 0 Å². The third kappa shape index (κ3) is 4.31. The van der Waals surface area contributed by atoms with Crippen molar-refractivity contribution in [1.82, 2.24) is 14.4 Å². The van der Waals surface area contributed by atoms with Crippen LogP contribution in [0.1, 0.15) is 23.4 Å². The van der Waals surface area contributed by atoms with E-state index in [-0.39, 0.29) is 35.5 Å². The van der Waals surface area contributed by atoms with Gasteiger partial charge in [0.2, 0.25) is 15.9 Å². The van der Waals surface area contributed by atoms with Gasteiger partial charge in [0.05, 0.1) is 0 Å². The van der Waals surface area contributed by atoms with Gasteiger partial charge in [-0.1, -0.05) is 17.3 Å². The number of benzene rings is 1. The van der Waals surface area contributed by atoms with Crippen LogP contribution >= 0.6 is 0 Å². The van der Waals surface area contributed by atoms with Gasteiger partial charge in [-0.25, -0.2) is 12.8 Å². The number of hydrogen-bond donors (Lipinski definition) is 0. The highest BCUT2D eigenvalue weighted by Gasteiger charge is 2.32. The Balaban J connectivity index is 1.68. The molecule has 1 aromatic heterocycles. The molecule has 9 heteroatoms. The molecule has 0 aliphatic carbocycles. The predicted molar refractivity (Wildman–Crippen MR) is 101 cm³/mol. The molecule has 3 rings (SSSR count). The molecule has 150 valence electrons. The van der Waals surface area contributed by atoms with Gasteiger partial charge in [0.15, 0.2) is 5.76 Å². The van der Waals surface area contributed by atoms with Crippen LogP contribution in [0.5, 0.6) is 0 Å². The lowest BCUT2D eigenvalue weighted by Crippen LogP contribution is -2.37. The van der Waals surface area contributed by atoms with Crippen molar-refractivity contribution >= 4 is 22.0 Å². The summed E-state index contributed by atoms with van der Waals surface area (Å²) in [6.45, 7) is 4.37. The van der Waals surface area contributed by atoms with Gasteiger partial charge in [-0.3, -0.25) is 4.79 Å². The largest absolute Gasteiger partial charge is 0.360 e. The van der Waals surface area contributed by atoms with Crippen LogP contribution < -0.4 is 0 Å². The van der Waals surface area contributed by atoms with Crippen LogP contribution in [0.25, 0.3) is 6.08 Å². The smallest absolute Gasteiger partial charge is 0.248 e. The average Bonchev–Trinajstić information content (AvgIpc) is 2.85. The zero-order valence-corrected chi connectivity index (χ0v) is 16.6. The molecule has 2 aromatic rings. The van der Waals surface area contributed by atoms with Crippen molar-refractivity contribution in [3.05, 3.63) is 53.2 Å². The second-order valence-electron chi connectivity index (χ2n) is 6.62. The first-order chi connectivity index (χ1) is 13.3. The van der Waals surface area contributed by atoms with Crippen molar-refractivity contribution in [2.75, 3.05) is 26.2 Å². The fraction of sp³-hybridized carbons (Fsp3) is 0.368. The van der Waals surface area contributed by atoms with E-state index in [1.807, 2.05) is 0 Å². The summed E-state index contributed by atoms with van der Waals surface area (Å²) in [7, 11) is -3.73. The number of halogens is 1. The maximum absolute atomic E-state index is 13.2. The molecule has 28 heavy (non-hydrogen) atoms. The van der Waals surface area contributed by atoms with Gasteiger partial charge < -0.3 is 9.42 Å². The van der Waals surface area contributed by atoms with Gasteiger partial charge in [-0.2, -0.15) is 4.31 Å². The Morgan fingerprint density at radius 1 is 1.21 bits per heavy atom. The van der Waals surface area contributed by atoms with Crippen molar-refractivity contribution in [3.63, 3.8) is 0 Å². The molecule has 0 atom stereocenters. The minimum atomic E-state index is -3.73. The molecule has 0 radical (unpaired) electrons. The Hall–Kier alpha value is -2.52. The lowest BCUT2D eigenvalue weighted by Gasteiger charge is -2.21. The molecule has 1 fully saturated rings.